The van der Waals surface area contributed by atoms with Crippen molar-refractivity contribution in [2.24, 2.45) is 0 Å². The Balaban J connectivity index is 2.19. The highest BCUT2D eigenvalue weighted by Gasteiger charge is 2.15. The summed E-state index contributed by atoms with van der Waals surface area (Å²) in [6, 6.07) is 12.0. The van der Waals surface area contributed by atoms with E-state index in [2.05, 4.69) is 10.0 Å². The summed E-state index contributed by atoms with van der Waals surface area (Å²) in [5, 5.41) is 3.11. The molecule has 0 saturated carbocycles. The average molecular weight is 367 g/mol. The lowest BCUT2D eigenvalue weighted by atomic mass is 10.1. The zero-order valence-electron chi connectivity index (χ0n) is 13.6. The molecule has 0 aliphatic rings. The third-order valence-electron chi connectivity index (χ3n) is 3.44. The fourth-order valence-electron chi connectivity index (χ4n) is 2.19. The number of rotatable bonds is 5. The molecule has 0 radical (unpaired) electrons. The SMILES string of the molecule is Cc1ccc(C(C)NC(=O)c2cc(NS(C)(=O)=O)ccc2Cl)cc1. The van der Waals surface area contributed by atoms with Crippen molar-refractivity contribution in [1.29, 1.82) is 0 Å². The molecule has 0 aliphatic carbocycles. The summed E-state index contributed by atoms with van der Waals surface area (Å²) < 4.78 is 25.0. The van der Waals surface area contributed by atoms with Gasteiger partial charge in [0.1, 0.15) is 0 Å². The molecular formula is C17H19ClN2O3S. The number of carbonyl (C=O) groups excluding carboxylic acids is 1. The summed E-state index contributed by atoms with van der Waals surface area (Å²) >= 11 is 6.07. The van der Waals surface area contributed by atoms with Crippen molar-refractivity contribution in [2.75, 3.05) is 11.0 Å². The molecule has 0 aliphatic heterocycles. The Morgan fingerprint density at radius 3 is 2.33 bits per heavy atom. The molecule has 0 saturated heterocycles. The van der Waals surface area contributed by atoms with Gasteiger partial charge in [-0.2, -0.15) is 0 Å². The molecule has 0 aromatic heterocycles. The summed E-state index contributed by atoms with van der Waals surface area (Å²) in [7, 11) is -3.43. The van der Waals surface area contributed by atoms with Gasteiger partial charge >= 0.3 is 0 Å². The number of amides is 1. The maximum Gasteiger partial charge on any atom is 0.253 e. The minimum atomic E-state index is -3.43. The third kappa shape index (κ3) is 4.97. The molecule has 2 rings (SSSR count). The first-order chi connectivity index (χ1) is 11.2. The Labute approximate surface area is 147 Å². The van der Waals surface area contributed by atoms with Crippen LogP contribution < -0.4 is 10.0 Å². The second-order valence-corrected chi connectivity index (χ2v) is 7.83. The van der Waals surface area contributed by atoms with Crippen molar-refractivity contribution in [3.8, 4) is 0 Å². The predicted octanol–water partition coefficient (Wildman–Crippen LogP) is 3.51. The van der Waals surface area contributed by atoms with Gasteiger partial charge in [0.25, 0.3) is 5.91 Å². The summed E-state index contributed by atoms with van der Waals surface area (Å²) in [5.74, 6) is -0.370. The monoisotopic (exact) mass is 366 g/mol. The normalized spacial score (nSPS) is 12.5. The molecule has 1 amide bonds. The lowest BCUT2D eigenvalue weighted by Gasteiger charge is -2.16. The van der Waals surface area contributed by atoms with E-state index in [0.717, 1.165) is 17.4 Å². The number of sulfonamides is 1. The van der Waals surface area contributed by atoms with Gasteiger partial charge < -0.3 is 5.32 Å². The van der Waals surface area contributed by atoms with Crippen molar-refractivity contribution >= 4 is 33.2 Å². The van der Waals surface area contributed by atoms with Gasteiger partial charge in [-0.1, -0.05) is 41.4 Å². The topological polar surface area (TPSA) is 75.3 Å². The van der Waals surface area contributed by atoms with Gasteiger partial charge in [-0.05, 0) is 37.6 Å². The van der Waals surface area contributed by atoms with E-state index in [4.69, 9.17) is 11.6 Å². The average Bonchev–Trinajstić information content (AvgIpc) is 2.48. The van der Waals surface area contributed by atoms with Gasteiger partial charge in [-0.3, -0.25) is 9.52 Å². The van der Waals surface area contributed by atoms with Crippen LogP contribution >= 0.6 is 11.6 Å². The molecule has 2 aromatic rings. The lowest BCUT2D eigenvalue weighted by Crippen LogP contribution is -2.27. The highest BCUT2D eigenvalue weighted by molar-refractivity contribution is 7.92. The Morgan fingerprint density at radius 1 is 1.12 bits per heavy atom. The van der Waals surface area contributed by atoms with E-state index in [0.29, 0.717) is 0 Å². The van der Waals surface area contributed by atoms with E-state index in [-0.39, 0.29) is 28.2 Å². The van der Waals surface area contributed by atoms with Crippen LogP contribution in [-0.4, -0.2) is 20.6 Å². The lowest BCUT2D eigenvalue weighted by molar-refractivity contribution is 0.0940. The van der Waals surface area contributed by atoms with E-state index in [9.17, 15) is 13.2 Å². The number of benzene rings is 2. The molecule has 24 heavy (non-hydrogen) atoms. The molecule has 2 aromatic carbocycles. The summed E-state index contributed by atoms with van der Waals surface area (Å²) in [6.45, 7) is 3.86. The number of hydrogen-bond acceptors (Lipinski definition) is 3. The van der Waals surface area contributed by atoms with Crippen LogP contribution in [0.15, 0.2) is 42.5 Å². The van der Waals surface area contributed by atoms with Crippen LogP contribution in [0.2, 0.25) is 5.02 Å². The van der Waals surface area contributed by atoms with Crippen LogP contribution in [0.3, 0.4) is 0 Å². The van der Waals surface area contributed by atoms with Gasteiger partial charge in [0.15, 0.2) is 0 Å². The highest BCUT2D eigenvalue weighted by Crippen LogP contribution is 2.22. The Bertz CT molecular complexity index is 849. The van der Waals surface area contributed by atoms with E-state index in [1.54, 1.807) is 0 Å². The zero-order valence-corrected chi connectivity index (χ0v) is 15.2. The van der Waals surface area contributed by atoms with Crippen molar-refractivity contribution in [2.45, 2.75) is 19.9 Å². The maximum atomic E-state index is 12.5. The molecule has 1 atom stereocenters. The number of hydrogen-bond donors (Lipinski definition) is 2. The molecule has 7 heteroatoms. The summed E-state index contributed by atoms with van der Waals surface area (Å²) in [4.78, 5) is 12.5. The second kappa shape index (κ2) is 7.23. The van der Waals surface area contributed by atoms with Crippen molar-refractivity contribution in [3.63, 3.8) is 0 Å². The van der Waals surface area contributed by atoms with Crippen LogP contribution in [0.25, 0.3) is 0 Å². The van der Waals surface area contributed by atoms with Crippen molar-refractivity contribution in [1.82, 2.24) is 5.32 Å². The molecule has 2 N–H and O–H groups in total. The fourth-order valence-corrected chi connectivity index (χ4v) is 2.95. The molecule has 0 bridgehead atoms. The molecule has 128 valence electrons. The molecule has 0 fully saturated rings. The van der Waals surface area contributed by atoms with Gasteiger partial charge in [0.2, 0.25) is 10.0 Å². The zero-order chi connectivity index (χ0) is 17.9. The number of anilines is 1. The van der Waals surface area contributed by atoms with Gasteiger partial charge in [-0.25, -0.2) is 8.42 Å². The van der Waals surface area contributed by atoms with Crippen LogP contribution in [0, 0.1) is 6.92 Å². The van der Waals surface area contributed by atoms with Crippen LogP contribution in [0.4, 0.5) is 5.69 Å². The first-order valence-electron chi connectivity index (χ1n) is 7.30. The first-order valence-corrected chi connectivity index (χ1v) is 9.57. The summed E-state index contributed by atoms with van der Waals surface area (Å²) in [5.41, 5.74) is 2.61. The molecule has 1 unspecified atom stereocenters. The van der Waals surface area contributed by atoms with Gasteiger partial charge in [0.05, 0.1) is 22.9 Å². The number of halogens is 1. The van der Waals surface area contributed by atoms with E-state index in [1.165, 1.54) is 18.2 Å². The van der Waals surface area contributed by atoms with Crippen molar-refractivity contribution in [3.05, 3.63) is 64.2 Å². The largest absolute Gasteiger partial charge is 0.345 e. The standard InChI is InChI=1S/C17H19ClN2O3S/c1-11-4-6-13(7-5-11)12(2)19-17(21)15-10-14(8-9-16(15)18)20-24(3,22)23/h4-10,12,20H,1-3H3,(H,19,21). The molecular weight excluding hydrogens is 348 g/mol. The minimum Gasteiger partial charge on any atom is -0.345 e. The Hall–Kier alpha value is -2.05. The highest BCUT2D eigenvalue weighted by atomic mass is 35.5. The van der Waals surface area contributed by atoms with Gasteiger partial charge in [0, 0.05) is 5.69 Å². The maximum absolute atomic E-state index is 12.5. The van der Waals surface area contributed by atoms with Crippen molar-refractivity contribution < 1.29 is 13.2 Å². The predicted molar refractivity (Wildman–Crippen MR) is 97.0 cm³/mol. The minimum absolute atomic E-state index is 0.208. The number of carbonyl (C=O) groups is 1. The van der Waals surface area contributed by atoms with E-state index in [1.807, 2.05) is 38.1 Å². The van der Waals surface area contributed by atoms with Gasteiger partial charge in [-0.15, -0.1) is 0 Å². The Morgan fingerprint density at radius 2 is 1.75 bits per heavy atom. The third-order valence-corrected chi connectivity index (χ3v) is 4.38. The van der Waals surface area contributed by atoms with E-state index >= 15 is 0 Å². The Kier molecular flexibility index (Phi) is 5.51. The first kappa shape index (κ1) is 18.3. The summed E-state index contributed by atoms with van der Waals surface area (Å²) in [6.07, 6.45) is 1.04. The van der Waals surface area contributed by atoms with E-state index < -0.39 is 10.0 Å². The van der Waals surface area contributed by atoms with Crippen LogP contribution in [-0.2, 0) is 10.0 Å². The quantitative estimate of drug-likeness (QED) is 0.850. The second-order valence-electron chi connectivity index (χ2n) is 5.67. The molecule has 0 spiro atoms. The number of nitrogens with one attached hydrogen (secondary N) is 2. The molecule has 0 heterocycles. The van der Waals surface area contributed by atoms with Crippen LogP contribution in [0.1, 0.15) is 34.5 Å². The smallest absolute Gasteiger partial charge is 0.253 e. The fraction of sp³-hybridized carbons (Fsp3) is 0.235. The van der Waals surface area contributed by atoms with Crippen LogP contribution in [0.5, 0.6) is 0 Å². The number of aryl methyl sites for hydroxylation is 1. The molecule has 5 nitrogen and oxygen atoms in total.